The number of amides is 2. The van der Waals surface area contributed by atoms with E-state index in [1.807, 2.05) is 0 Å². The number of nitrogens with zero attached hydrogens (tertiary/aromatic N) is 1. The van der Waals surface area contributed by atoms with Crippen molar-refractivity contribution >= 4 is 17.8 Å². The summed E-state index contributed by atoms with van der Waals surface area (Å²) in [4.78, 5) is 38.0. The van der Waals surface area contributed by atoms with Crippen LogP contribution in [0.1, 0.15) is 51.9 Å². The van der Waals surface area contributed by atoms with E-state index in [0.717, 1.165) is 38.5 Å². The van der Waals surface area contributed by atoms with Crippen LogP contribution in [-0.4, -0.2) is 46.9 Å². The van der Waals surface area contributed by atoms with Crippen LogP contribution in [-0.2, 0) is 14.4 Å². The minimum atomic E-state index is -0.771. The Kier molecular flexibility index (Phi) is 4.34. The molecule has 3 aliphatic rings. The van der Waals surface area contributed by atoms with Crippen LogP contribution in [0.25, 0.3) is 0 Å². The fraction of sp³-hybridized carbons (Fsp3) is 0.824. The molecule has 1 heterocycles. The molecule has 128 valence electrons. The lowest BCUT2D eigenvalue weighted by Crippen LogP contribution is -2.51. The highest BCUT2D eigenvalue weighted by Crippen LogP contribution is 2.49. The predicted molar refractivity (Wildman–Crippen MR) is 83.6 cm³/mol. The molecule has 2 N–H and O–H groups in total. The van der Waals surface area contributed by atoms with Crippen molar-refractivity contribution in [2.75, 3.05) is 13.1 Å². The van der Waals surface area contributed by atoms with E-state index in [9.17, 15) is 19.5 Å². The Bertz CT molecular complexity index is 515. The summed E-state index contributed by atoms with van der Waals surface area (Å²) in [5.41, 5.74) is -0.758. The first-order valence-electron chi connectivity index (χ1n) is 8.73. The SMILES string of the molecule is CC(=O)NC(C(=O)N1C[C@@H]2CCC[C@@]2(C(=O)O)C1)C1CCCC1. The zero-order valence-corrected chi connectivity index (χ0v) is 13.7. The highest BCUT2D eigenvalue weighted by atomic mass is 16.4. The molecule has 3 atom stereocenters. The molecule has 0 radical (unpaired) electrons. The largest absolute Gasteiger partial charge is 0.481 e. The van der Waals surface area contributed by atoms with Crippen molar-refractivity contribution in [3.63, 3.8) is 0 Å². The standard InChI is InChI=1S/C17H26N2O4/c1-11(20)18-14(12-5-2-3-6-12)15(21)19-9-13-7-4-8-17(13,10-19)16(22)23/h12-14H,2-10H2,1H3,(H,18,20)(H,22,23)/t13-,14?,17+/m0/s1. The fourth-order valence-electron chi connectivity index (χ4n) is 4.89. The molecular weight excluding hydrogens is 296 g/mol. The minimum Gasteiger partial charge on any atom is -0.481 e. The van der Waals surface area contributed by atoms with Crippen molar-refractivity contribution in [3.8, 4) is 0 Å². The number of carboxylic acids is 1. The topological polar surface area (TPSA) is 86.7 Å². The van der Waals surface area contributed by atoms with Crippen LogP contribution in [0.3, 0.4) is 0 Å². The number of aliphatic carboxylic acids is 1. The van der Waals surface area contributed by atoms with Crippen molar-refractivity contribution in [1.82, 2.24) is 10.2 Å². The van der Waals surface area contributed by atoms with E-state index in [-0.39, 0.29) is 23.7 Å². The van der Waals surface area contributed by atoms with Crippen LogP contribution in [0.2, 0.25) is 0 Å². The second kappa shape index (κ2) is 6.13. The molecule has 2 saturated carbocycles. The van der Waals surface area contributed by atoms with Gasteiger partial charge in [0.15, 0.2) is 0 Å². The molecule has 6 nitrogen and oxygen atoms in total. The molecule has 0 spiro atoms. The fourth-order valence-corrected chi connectivity index (χ4v) is 4.89. The van der Waals surface area contributed by atoms with Crippen LogP contribution in [0, 0.1) is 17.3 Å². The lowest BCUT2D eigenvalue weighted by atomic mass is 9.81. The van der Waals surface area contributed by atoms with E-state index >= 15 is 0 Å². The van der Waals surface area contributed by atoms with E-state index < -0.39 is 17.4 Å². The van der Waals surface area contributed by atoms with Crippen molar-refractivity contribution in [2.45, 2.75) is 57.9 Å². The van der Waals surface area contributed by atoms with E-state index in [0.29, 0.717) is 19.5 Å². The smallest absolute Gasteiger partial charge is 0.311 e. The van der Waals surface area contributed by atoms with Gasteiger partial charge in [-0.1, -0.05) is 19.3 Å². The van der Waals surface area contributed by atoms with Gasteiger partial charge in [0.1, 0.15) is 6.04 Å². The van der Waals surface area contributed by atoms with Crippen LogP contribution in [0.4, 0.5) is 0 Å². The number of rotatable bonds is 4. The second-order valence-corrected chi connectivity index (χ2v) is 7.49. The molecule has 0 aromatic heterocycles. The third-order valence-electron chi connectivity index (χ3n) is 6.10. The summed E-state index contributed by atoms with van der Waals surface area (Å²) in [5, 5.41) is 12.5. The van der Waals surface area contributed by atoms with Gasteiger partial charge in [-0.15, -0.1) is 0 Å². The molecule has 0 aromatic carbocycles. The lowest BCUT2D eigenvalue weighted by Gasteiger charge is -2.29. The number of hydrogen-bond acceptors (Lipinski definition) is 3. The number of hydrogen-bond donors (Lipinski definition) is 2. The summed E-state index contributed by atoms with van der Waals surface area (Å²) < 4.78 is 0. The Labute approximate surface area is 136 Å². The molecule has 1 aliphatic heterocycles. The van der Waals surface area contributed by atoms with Crippen molar-refractivity contribution in [1.29, 1.82) is 0 Å². The second-order valence-electron chi connectivity index (χ2n) is 7.49. The zero-order valence-electron chi connectivity index (χ0n) is 13.7. The first-order valence-corrected chi connectivity index (χ1v) is 8.73. The summed E-state index contributed by atoms with van der Waals surface area (Å²) in [5.74, 6) is -0.796. The molecule has 23 heavy (non-hydrogen) atoms. The molecule has 2 amide bonds. The average molecular weight is 322 g/mol. The summed E-state index contributed by atoms with van der Waals surface area (Å²) in [6, 6.07) is -0.486. The van der Waals surface area contributed by atoms with Crippen molar-refractivity contribution in [2.24, 2.45) is 17.3 Å². The molecular formula is C17H26N2O4. The van der Waals surface area contributed by atoms with E-state index in [4.69, 9.17) is 0 Å². The van der Waals surface area contributed by atoms with Gasteiger partial charge in [0.25, 0.3) is 0 Å². The Morgan fingerprint density at radius 3 is 2.43 bits per heavy atom. The number of carboxylic acid groups (broad SMARTS) is 1. The number of carbonyl (C=O) groups excluding carboxylic acids is 2. The Morgan fingerprint density at radius 2 is 1.87 bits per heavy atom. The highest BCUT2D eigenvalue weighted by molar-refractivity contribution is 5.88. The molecule has 3 rings (SSSR count). The van der Waals surface area contributed by atoms with E-state index in [1.165, 1.54) is 6.92 Å². The minimum absolute atomic E-state index is 0.0607. The van der Waals surface area contributed by atoms with E-state index in [1.54, 1.807) is 4.90 Å². The van der Waals surface area contributed by atoms with Gasteiger partial charge in [0.05, 0.1) is 5.41 Å². The van der Waals surface area contributed by atoms with E-state index in [2.05, 4.69) is 5.32 Å². The van der Waals surface area contributed by atoms with Gasteiger partial charge < -0.3 is 15.3 Å². The van der Waals surface area contributed by atoms with Gasteiger partial charge in [0, 0.05) is 20.0 Å². The molecule has 0 aromatic rings. The predicted octanol–water partition coefficient (Wildman–Crippen LogP) is 1.39. The van der Waals surface area contributed by atoms with Crippen molar-refractivity contribution < 1.29 is 19.5 Å². The molecule has 3 fully saturated rings. The molecule has 1 saturated heterocycles. The quantitative estimate of drug-likeness (QED) is 0.819. The number of nitrogens with one attached hydrogen (secondary N) is 1. The first-order chi connectivity index (χ1) is 10.9. The molecule has 1 unspecified atom stereocenters. The van der Waals surface area contributed by atoms with Gasteiger partial charge in [-0.2, -0.15) is 0 Å². The number of likely N-dealkylation sites (tertiary alicyclic amines) is 1. The maximum atomic E-state index is 13.0. The van der Waals surface area contributed by atoms with Gasteiger partial charge in [-0.25, -0.2) is 0 Å². The van der Waals surface area contributed by atoms with Gasteiger partial charge in [0.2, 0.25) is 11.8 Å². The van der Waals surface area contributed by atoms with Crippen molar-refractivity contribution in [3.05, 3.63) is 0 Å². The summed E-state index contributed by atoms with van der Waals surface area (Å²) in [6.07, 6.45) is 6.56. The van der Waals surface area contributed by atoms with Crippen LogP contribution in [0.15, 0.2) is 0 Å². The summed E-state index contributed by atoms with van der Waals surface area (Å²) in [6.45, 7) is 2.26. The number of fused-ring (bicyclic) bond motifs is 1. The molecule has 6 heteroatoms. The summed E-state index contributed by atoms with van der Waals surface area (Å²) >= 11 is 0. The average Bonchev–Trinajstić information content (AvgIpc) is 3.18. The Hall–Kier alpha value is -1.59. The first kappa shape index (κ1) is 16.3. The maximum absolute atomic E-state index is 13.0. The van der Waals surface area contributed by atoms with Crippen LogP contribution >= 0.6 is 0 Å². The number of carbonyl (C=O) groups is 3. The highest BCUT2D eigenvalue weighted by Gasteiger charge is 2.56. The molecule has 0 bridgehead atoms. The lowest BCUT2D eigenvalue weighted by molar-refractivity contribution is -0.150. The normalized spacial score (nSPS) is 31.9. The van der Waals surface area contributed by atoms with Gasteiger partial charge in [-0.05, 0) is 37.5 Å². The van der Waals surface area contributed by atoms with Gasteiger partial charge >= 0.3 is 5.97 Å². The maximum Gasteiger partial charge on any atom is 0.311 e. The third kappa shape index (κ3) is 2.83. The van der Waals surface area contributed by atoms with Crippen LogP contribution in [0.5, 0.6) is 0 Å². The Morgan fingerprint density at radius 1 is 1.17 bits per heavy atom. The Balaban J connectivity index is 1.76. The van der Waals surface area contributed by atoms with Gasteiger partial charge in [-0.3, -0.25) is 14.4 Å². The van der Waals surface area contributed by atoms with Crippen LogP contribution < -0.4 is 5.32 Å². The zero-order chi connectivity index (χ0) is 16.6. The summed E-state index contributed by atoms with van der Waals surface area (Å²) in [7, 11) is 0. The molecule has 2 aliphatic carbocycles. The third-order valence-corrected chi connectivity index (χ3v) is 6.10. The monoisotopic (exact) mass is 322 g/mol.